The number of carbonyl (C=O) groups excluding carboxylic acids is 2. The summed E-state index contributed by atoms with van der Waals surface area (Å²) in [6.07, 6.45) is 99.7. The third-order valence-electron chi connectivity index (χ3n) is 12.8. The van der Waals surface area contributed by atoms with Crippen molar-refractivity contribution < 1.29 is 37.6 Å². The Labute approximate surface area is 507 Å². The van der Waals surface area contributed by atoms with Crippen LogP contribution >= 0.6 is 7.82 Å². The van der Waals surface area contributed by atoms with Gasteiger partial charge in [-0.25, -0.2) is 4.57 Å². The van der Waals surface area contributed by atoms with E-state index in [0.717, 1.165) is 128 Å². The number of ether oxygens (including phenoxy) is 2. The van der Waals surface area contributed by atoms with Crippen LogP contribution in [0.15, 0.2) is 182 Å². The molecule has 0 saturated heterocycles. The molecule has 3 N–H and O–H groups in total. The highest BCUT2D eigenvalue weighted by Crippen LogP contribution is 2.43. The van der Waals surface area contributed by atoms with Gasteiger partial charge in [0, 0.05) is 19.4 Å². The van der Waals surface area contributed by atoms with Crippen LogP contribution in [-0.4, -0.2) is 49.3 Å². The highest BCUT2D eigenvalue weighted by Gasteiger charge is 2.26. The molecule has 0 bridgehead atoms. The summed E-state index contributed by atoms with van der Waals surface area (Å²) < 4.78 is 33.0. The predicted octanol–water partition coefficient (Wildman–Crippen LogP) is 21.2. The molecule has 466 valence electrons. The molecular formula is C73H116NO8P. The summed E-state index contributed by atoms with van der Waals surface area (Å²) in [6.45, 7) is 3.44. The van der Waals surface area contributed by atoms with Crippen LogP contribution in [0.2, 0.25) is 0 Å². The predicted molar refractivity (Wildman–Crippen MR) is 357 cm³/mol. The molecule has 0 radical (unpaired) electrons. The fourth-order valence-electron chi connectivity index (χ4n) is 8.10. The van der Waals surface area contributed by atoms with Crippen molar-refractivity contribution in [1.29, 1.82) is 0 Å². The topological polar surface area (TPSA) is 134 Å². The van der Waals surface area contributed by atoms with Gasteiger partial charge in [-0.05, 0) is 135 Å². The first kappa shape index (κ1) is 78.1. The molecule has 0 aromatic carbocycles. The van der Waals surface area contributed by atoms with E-state index in [4.69, 9.17) is 24.3 Å². The summed E-state index contributed by atoms with van der Waals surface area (Å²) in [5.41, 5.74) is 5.38. The minimum absolute atomic E-state index is 0.0381. The second-order valence-electron chi connectivity index (χ2n) is 20.5. The number of nitrogens with two attached hydrogens (primary N) is 1. The summed E-state index contributed by atoms with van der Waals surface area (Å²) in [4.78, 5) is 35.2. The zero-order valence-electron chi connectivity index (χ0n) is 52.1. The minimum atomic E-state index is -4.41. The SMILES string of the molecule is CC/C=C\C/C=C\C/C=C\C/C=C\C/C=C\C/C=C\C/C=C\C/C=C\C/C=C\CCCCCCCCCCCCCCCC(=O)OC(COC(=O)CCCC/C=C\C/C=C\C/C=C\C/C=C\C/C=C\C/C=C\CC)COP(=O)(O)OCCN. The first-order chi connectivity index (χ1) is 40.8. The maximum absolute atomic E-state index is 12.7. The van der Waals surface area contributed by atoms with Crippen molar-refractivity contribution in [2.24, 2.45) is 5.73 Å². The van der Waals surface area contributed by atoms with Crippen molar-refractivity contribution in [2.45, 2.75) is 238 Å². The lowest BCUT2D eigenvalue weighted by Crippen LogP contribution is -2.29. The molecule has 0 aliphatic rings. The van der Waals surface area contributed by atoms with E-state index in [9.17, 15) is 19.0 Å². The summed E-state index contributed by atoms with van der Waals surface area (Å²) in [7, 11) is -4.41. The quantitative estimate of drug-likeness (QED) is 0.0264. The Morgan fingerprint density at radius 1 is 0.361 bits per heavy atom. The van der Waals surface area contributed by atoms with Crippen molar-refractivity contribution in [1.82, 2.24) is 0 Å². The van der Waals surface area contributed by atoms with Gasteiger partial charge in [-0.2, -0.15) is 0 Å². The Kier molecular flexibility index (Phi) is 62.3. The summed E-state index contributed by atoms with van der Waals surface area (Å²) in [5.74, 6) is -0.891. The second-order valence-corrected chi connectivity index (χ2v) is 22.0. The van der Waals surface area contributed by atoms with Crippen LogP contribution in [0.4, 0.5) is 0 Å². The molecule has 0 aliphatic carbocycles. The van der Waals surface area contributed by atoms with E-state index < -0.39 is 32.5 Å². The molecule has 0 saturated carbocycles. The maximum Gasteiger partial charge on any atom is 0.472 e. The van der Waals surface area contributed by atoms with E-state index >= 15 is 0 Å². The molecule has 10 heteroatoms. The van der Waals surface area contributed by atoms with Crippen LogP contribution < -0.4 is 5.73 Å². The van der Waals surface area contributed by atoms with E-state index in [2.05, 4.69) is 196 Å². The van der Waals surface area contributed by atoms with Crippen LogP contribution in [0.5, 0.6) is 0 Å². The molecule has 83 heavy (non-hydrogen) atoms. The van der Waals surface area contributed by atoms with Crippen molar-refractivity contribution in [2.75, 3.05) is 26.4 Å². The van der Waals surface area contributed by atoms with E-state index in [1.807, 2.05) is 0 Å². The lowest BCUT2D eigenvalue weighted by Gasteiger charge is -2.19. The normalized spacial score (nSPS) is 14.2. The minimum Gasteiger partial charge on any atom is -0.462 e. The molecule has 0 aromatic rings. The van der Waals surface area contributed by atoms with Gasteiger partial charge in [0.1, 0.15) is 6.61 Å². The number of carbonyl (C=O) groups is 2. The van der Waals surface area contributed by atoms with E-state index in [0.29, 0.717) is 12.8 Å². The molecule has 2 atom stereocenters. The van der Waals surface area contributed by atoms with Crippen LogP contribution in [0.1, 0.15) is 232 Å². The molecule has 0 aromatic heterocycles. The first-order valence-electron chi connectivity index (χ1n) is 32.3. The van der Waals surface area contributed by atoms with Crippen molar-refractivity contribution in [3.05, 3.63) is 182 Å². The molecule has 2 unspecified atom stereocenters. The number of hydrogen-bond acceptors (Lipinski definition) is 8. The van der Waals surface area contributed by atoms with E-state index in [-0.39, 0.29) is 32.6 Å². The number of rotatable bonds is 58. The summed E-state index contributed by atoms with van der Waals surface area (Å²) >= 11 is 0. The second kappa shape index (κ2) is 66.3. The monoisotopic (exact) mass is 1170 g/mol. The third kappa shape index (κ3) is 66.1. The maximum atomic E-state index is 12.7. The lowest BCUT2D eigenvalue weighted by atomic mass is 10.0. The van der Waals surface area contributed by atoms with Gasteiger partial charge < -0.3 is 20.1 Å². The molecule has 0 fully saturated rings. The summed E-state index contributed by atoms with van der Waals surface area (Å²) in [5, 5.41) is 0. The van der Waals surface area contributed by atoms with Crippen LogP contribution in [-0.2, 0) is 32.7 Å². The van der Waals surface area contributed by atoms with Gasteiger partial charge in [-0.3, -0.25) is 18.6 Å². The lowest BCUT2D eigenvalue weighted by molar-refractivity contribution is -0.161. The molecule has 0 spiro atoms. The van der Waals surface area contributed by atoms with Crippen LogP contribution in [0, 0.1) is 0 Å². The van der Waals surface area contributed by atoms with Crippen molar-refractivity contribution >= 4 is 19.8 Å². The van der Waals surface area contributed by atoms with E-state index in [1.54, 1.807) is 0 Å². The number of unbranched alkanes of at least 4 members (excludes halogenated alkanes) is 15. The van der Waals surface area contributed by atoms with Gasteiger partial charge in [0.2, 0.25) is 0 Å². The van der Waals surface area contributed by atoms with Gasteiger partial charge in [-0.15, -0.1) is 0 Å². The van der Waals surface area contributed by atoms with Crippen LogP contribution in [0.3, 0.4) is 0 Å². The highest BCUT2D eigenvalue weighted by atomic mass is 31.2. The van der Waals surface area contributed by atoms with Gasteiger partial charge >= 0.3 is 19.8 Å². The Balaban J connectivity index is 3.99. The molecule has 0 rings (SSSR count). The van der Waals surface area contributed by atoms with Gasteiger partial charge in [0.05, 0.1) is 13.2 Å². The Hall–Kier alpha value is -4.89. The number of phosphoric ester groups is 1. The largest absolute Gasteiger partial charge is 0.472 e. The number of esters is 2. The molecular weight excluding hydrogens is 1050 g/mol. The average Bonchev–Trinajstić information content (AvgIpc) is 3.49. The summed E-state index contributed by atoms with van der Waals surface area (Å²) in [6, 6.07) is 0. The molecule has 0 aliphatic heterocycles. The molecule has 0 amide bonds. The first-order valence-corrected chi connectivity index (χ1v) is 33.8. The fraction of sp³-hybridized carbons (Fsp3) is 0.562. The van der Waals surface area contributed by atoms with Gasteiger partial charge in [-0.1, -0.05) is 267 Å². The average molecular weight is 1170 g/mol. The van der Waals surface area contributed by atoms with Gasteiger partial charge in [0.15, 0.2) is 6.10 Å². The van der Waals surface area contributed by atoms with Crippen molar-refractivity contribution in [3.8, 4) is 0 Å². The third-order valence-corrected chi connectivity index (χ3v) is 13.8. The zero-order chi connectivity index (χ0) is 60.1. The van der Waals surface area contributed by atoms with E-state index in [1.165, 1.54) is 64.2 Å². The molecule has 0 heterocycles. The Bertz CT molecular complexity index is 2010. The molecule has 9 nitrogen and oxygen atoms in total. The Morgan fingerprint density at radius 2 is 0.627 bits per heavy atom. The number of phosphoric acid groups is 1. The van der Waals surface area contributed by atoms with Gasteiger partial charge in [0.25, 0.3) is 0 Å². The number of allylic oxidation sites excluding steroid dienone is 30. The standard InChI is InChI=1S/C73H116NO8P/c1-3-5-7-9-11-13-15-17-19-21-23-25-26-27-28-29-30-31-32-33-34-35-36-37-38-39-40-41-42-43-44-46-48-50-52-54-56-58-60-62-64-66-73(76)82-71(70-81-83(77,78)80-68-67-74)69-79-72(75)65-63-61-59-57-55-53-51-49-47-45-24-22-20-18-16-14-12-10-8-6-4-2/h5-8,11-14,17-20,23-25,27-28,30-31,33-34,36-37,39-40,45,49,51,55,57,71H,3-4,9-10,15-16,21-22,26,29,32,35,38,41-44,46-48,50,52-54,56,58-70,74H2,1-2H3,(H,77,78)/b7-5-,8-6-,13-11-,14-12-,19-17-,20-18-,25-23-,28-27-,31-30-,34-33-,37-36-,40-39-,45-24-,51-49-,57-55-. The van der Waals surface area contributed by atoms with Crippen LogP contribution in [0.25, 0.3) is 0 Å². The smallest absolute Gasteiger partial charge is 0.462 e. The highest BCUT2D eigenvalue weighted by molar-refractivity contribution is 7.47. The number of hydrogen-bond donors (Lipinski definition) is 2. The zero-order valence-corrected chi connectivity index (χ0v) is 53.0. The fourth-order valence-corrected chi connectivity index (χ4v) is 8.87. The Morgan fingerprint density at radius 3 is 0.952 bits per heavy atom. The van der Waals surface area contributed by atoms with Crippen molar-refractivity contribution in [3.63, 3.8) is 0 Å².